The van der Waals surface area contributed by atoms with Crippen LogP contribution in [0.2, 0.25) is 0 Å². The molecule has 1 saturated carbocycles. The molecule has 32 heavy (non-hydrogen) atoms. The van der Waals surface area contributed by atoms with Crippen LogP contribution in [0.5, 0.6) is 0 Å². The van der Waals surface area contributed by atoms with E-state index in [0.29, 0.717) is 29.4 Å². The molecular weight excluding hydrogens is 428 g/mol. The maximum absolute atomic E-state index is 13.1. The van der Waals surface area contributed by atoms with Crippen molar-refractivity contribution in [3.8, 4) is 11.4 Å². The molecular formula is C23H26N4O4S. The van der Waals surface area contributed by atoms with Crippen molar-refractivity contribution in [1.29, 1.82) is 0 Å². The van der Waals surface area contributed by atoms with Crippen LogP contribution in [0.1, 0.15) is 46.1 Å². The van der Waals surface area contributed by atoms with Gasteiger partial charge in [-0.1, -0.05) is 30.8 Å². The molecule has 0 radical (unpaired) electrons. The standard InChI is InChI=1S/C23H26N4O4S/c1-5-15-6-8-17(9-7-15)24-19(28)23(11-12-23)32-20-26-25-18(16-10-13-30-14-16)27(20)21(29)31-22(2,3)4/h6-10,13-14H,5,11-12H2,1-4H3,(H,24,28). The zero-order valence-electron chi connectivity index (χ0n) is 18.5. The molecule has 1 aromatic carbocycles. The maximum Gasteiger partial charge on any atom is 0.422 e. The summed E-state index contributed by atoms with van der Waals surface area (Å²) in [4.78, 5) is 26.1. The summed E-state index contributed by atoms with van der Waals surface area (Å²) in [5.41, 5.74) is 1.85. The lowest BCUT2D eigenvalue weighted by molar-refractivity contribution is -0.116. The van der Waals surface area contributed by atoms with Crippen molar-refractivity contribution < 1.29 is 18.7 Å². The number of furan rings is 1. The van der Waals surface area contributed by atoms with Crippen LogP contribution in [-0.2, 0) is 16.0 Å². The van der Waals surface area contributed by atoms with E-state index in [9.17, 15) is 9.59 Å². The third-order valence-corrected chi connectivity index (χ3v) is 6.44. The summed E-state index contributed by atoms with van der Waals surface area (Å²) in [5.74, 6) is 0.192. The van der Waals surface area contributed by atoms with E-state index in [0.717, 1.165) is 12.1 Å². The second kappa shape index (κ2) is 8.46. The summed E-state index contributed by atoms with van der Waals surface area (Å²) in [6, 6.07) is 9.49. The van der Waals surface area contributed by atoms with Gasteiger partial charge in [-0.25, -0.2) is 9.36 Å². The van der Waals surface area contributed by atoms with E-state index in [2.05, 4.69) is 22.4 Å². The van der Waals surface area contributed by atoms with Gasteiger partial charge in [0, 0.05) is 5.69 Å². The largest absolute Gasteiger partial charge is 0.472 e. The summed E-state index contributed by atoms with van der Waals surface area (Å²) >= 11 is 1.24. The number of carbonyl (C=O) groups excluding carboxylic acids is 2. The van der Waals surface area contributed by atoms with Gasteiger partial charge in [-0.05, 0) is 63.8 Å². The van der Waals surface area contributed by atoms with Crippen LogP contribution in [0.3, 0.4) is 0 Å². The molecule has 2 heterocycles. The number of ether oxygens (including phenoxy) is 1. The number of aryl methyl sites for hydroxylation is 1. The molecule has 168 valence electrons. The van der Waals surface area contributed by atoms with Gasteiger partial charge in [0.15, 0.2) is 5.82 Å². The second-order valence-corrected chi connectivity index (χ2v) is 10.1. The number of hydrogen-bond acceptors (Lipinski definition) is 7. The van der Waals surface area contributed by atoms with Crippen molar-refractivity contribution in [2.45, 2.75) is 62.5 Å². The molecule has 1 aliphatic carbocycles. The molecule has 1 fully saturated rings. The molecule has 1 N–H and O–H groups in total. The summed E-state index contributed by atoms with van der Waals surface area (Å²) in [5, 5.41) is 11.7. The highest BCUT2D eigenvalue weighted by atomic mass is 32.2. The van der Waals surface area contributed by atoms with E-state index in [1.807, 2.05) is 24.3 Å². The minimum absolute atomic E-state index is 0.115. The number of thioether (sulfide) groups is 1. The van der Waals surface area contributed by atoms with E-state index in [-0.39, 0.29) is 5.91 Å². The van der Waals surface area contributed by atoms with Gasteiger partial charge in [-0.3, -0.25) is 4.79 Å². The van der Waals surface area contributed by atoms with Crippen LogP contribution in [0.15, 0.2) is 52.4 Å². The third kappa shape index (κ3) is 4.72. The first-order valence-corrected chi connectivity index (χ1v) is 11.3. The Morgan fingerprint density at radius 1 is 1.19 bits per heavy atom. The van der Waals surface area contributed by atoms with Crippen molar-refractivity contribution in [1.82, 2.24) is 14.8 Å². The lowest BCUT2D eigenvalue weighted by atomic mass is 10.1. The van der Waals surface area contributed by atoms with E-state index >= 15 is 0 Å². The van der Waals surface area contributed by atoms with Crippen LogP contribution < -0.4 is 5.32 Å². The van der Waals surface area contributed by atoms with Gasteiger partial charge in [0.1, 0.15) is 16.6 Å². The number of anilines is 1. The van der Waals surface area contributed by atoms with Crippen LogP contribution >= 0.6 is 11.8 Å². The van der Waals surface area contributed by atoms with E-state index < -0.39 is 16.4 Å². The first-order valence-electron chi connectivity index (χ1n) is 10.5. The van der Waals surface area contributed by atoms with Crippen molar-refractivity contribution in [2.75, 3.05) is 5.32 Å². The lowest BCUT2D eigenvalue weighted by Gasteiger charge is -2.21. The Balaban J connectivity index is 1.59. The highest BCUT2D eigenvalue weighted by molar-refractivity contribution is 8.01. The minimum atomic E-state index is -0.704. The Bertz CT molecular complexity index is 1110. The molecule has 1 aliphatic rings. The second-order valence-electron chi connectivity index (χ2n) is 8.73. The third-order valence-electron chi connectivity index (χ3n) is 5.01. The maximum atomic E-state index is 13.1. The van der Waals surface area contributed by atoms with E-state index in [1.165, 1.54) is 34.4 Å². The smallest absolute Gasteiger partial charge is 0.422 e. The molecule has 2 aromatic heterocycles. The zero-order valence-corrected chi connectivity index (χ0v) is 19.4. The number of aromatic nitrogens is 3. The fourth-order valence-electron chi connectivity index (χ4n) is 3.12. The molecule has 9 heteroatoms. The first-order chi connectivity index (χ1) is 15.2. The minimum Gasteiger partial charge on any atom is -0.472 e. The van der Waals surface area contributed by atoms with E-state index in [1.54, 1.807) is 26.8 Å². The molecule has 0 atom stereocenters. The Labute approximate surface area is 190 Å². The van der Waals surface area contributed by atoms with Crippen molar-refractivity contribution >= 4 is 29.4 Å². The molecule has 0 spiro atoms. The molecule has 0 aliphatic heterocycles. The van der Waals surface area contributed by atoms with E-state index in [4.69, 9.17) is 9.15 Å². The summed E-state index contributed by atoms with van der Waals surface area (Å²) < 4.78 is 11.3. The van der Waals surface area contributed by atoms with Crippen LogP contribution in [0.25, 0.3) is 11.4 Å². The van der Waals surface area contributed by atoms with Crippen molar-refractivity contribution in [3.05, 3.63) is 48.4 Å². The summed E-state index contributed by atoms with van der Waals surface area (Å²) in [6.45, 7) is 7.46. The van der Waals surface area contributed by atoms with Gasteiger partial charge in [0.25, 0.3) is 0 Å². The fraction of sp³-hybridized carbons (Fsp3) is 0.391. The highest BCUT2D eigenvalue weighted by Crippen LogP contribution is 2.52. The molecule has 4 rings (SSSR count). The van der Waals surface area contributed by atoms with Crippen LogP contribution in [-0.4, -0.2) is 37.1 Å². The van der Waals surface area contributed by atoms with Gasteiger partial charge in [0.05, 0.1) is 11.8 Å². The quantitative estimate of drug-likeness (QED) is 0.550. The molecule has 3 aromatic rings. The molecule has 0 bridgehead atoms. The van der Waals surface area contributed by atoms with Crippen molar-refractivity contribution in [2.24, 2.45) is 0 Å². The Kier molecular flexibility index (Phi) is 5.85. The number of rotatable bonds is 6. The van der Waals surface area contributed by atoms with Gasteiger partial charge in [0.2, 0.25) is 11.1 Å². The Morgan fingerprint density at radius 3 is 2.47 bits per heavy atom. The molecule has 0 saturated heterocycles. The Hall–Kier alpha value is -3.07. The lowest BCUT2D eigenvalue weighted by Crippen LogP contribution is -2.30. The molecule has 0 unspecified atom stereocenters. The van der Waals surface area contributed by atoms with Gasteiger partial charge >= 0.3 is 6.09 Å². The van der Waals surface area contributed by atoms with Crippen molar-refractivity contribution in [3.63, 3.8) is 0 Å². The number of nitrogens with one attached hydrogen (secondary N) is 1. The number of nitrogens with zero attached hydrogens (tertiary/aromatic N) is 3. The van der Waals surface area contributed by atoms with Gasteiger partial charge < -0.3 is 14.5 Å². The zero-order chi connectivity index (χ0) is 22.9. The summed E-state index contributed by atoms with van der Waals surface area (Å²) in [6.07, 6.45) is 4.67. The normalized spacial score (nSPS) is 14.8. The van der Waals surface area contributed by atoms with Gasteiger partial charge in [-0.2, -0.15) is 0 Å². The van der Waals surface area contributed by atoms with Crippen LogP contribution in [0.4, 0.5) is 10.5 Å². The summed E-state index contributed by atoms with van der Waals surface area (Å²) in [7, 11) is 0. The molecule has 1 amide bonds. The molecule has 8 nitrogen and oxygen atoms in total. The Morgan fingerprint density at radius 2 is 1.91 bits per heavy atom. The number of amides is 1. The number of carbonyl (C=O) groups is 2. The number of benzene rings is 1. The predicted octanol–water partition coefficient (Wildman–Crippen LogP) is 5.15. The average molecular weight is 455 g/mol. The van der Waals surface area contributed by atoms with Gasteiger partial charge in [-0.15, -0.1) is 10.2 Å². The highest BCUT2D eigenvalue weighted by Gasteiger charge is 2.52. The van der Waals surface area contributed by atoms with Crippen LogP contribution in [0, 0.1) is 0 Å². The fourth-order valence-corrected chi connectivity index (χ4v) is 4.25. The number of hydrogen-bond donors (Lipinski definition) is 1. The topological polar surface area (TPSA) is 99.3 Å². The average Bonchev–Trinajstić information content (AvgIpc) is 3.12. The first kappa shape index (κ1) is 22.1. The SMILES string of the molecule is CCc1ccc(NC(=O)C2(Sc3nnc(-c4ccoc4)n3C(=O)OC(C)(C)C)CC2)cc1. The monoisotopic (exact) mass is 454 g/mol. The predicted molar refractivity (Wildman–Crippen MR) is 122 cm³/mol.